The highest BCUT2D eigenvalue weighted by atomic mass is 35.5. The fraction of sp³-hybridized carbons (Fsp3) is 0.333. The third kappa shape index (κ3) is 2.20. The summed E-state index contributed by atoms with van der Waals surface area (Å²) in [6, 6.07) is 7.27. The Kier molecular flexibility index (Phi) is 3.49. The molecule has 4 nitrogen and oxygen atoms in total. The van der Waals surface area contributed by atoms with Crippen molar-refractivity contribution in [2.75, 3.05) is 12.0 Å². The van der Waals surface area contributed by atoms with E-state index in [4.69, 9.17) is 11.6 Å². The van der Waals surface area contributed by atoms with E-state index in [1.54, 1.807) is 6.07 Å². The second-order valence-electron chi connectivity index (χ2n) is 5.08. The van der Waals surface area contributed by atoms with E-state index in [0.717, 1.165) is 5.69 Å². The Hall–Kier alpha value is -1.81. The molecule has 5 heteroatoms. The molecule has 104 valence electrons. The molecular weight excluding hydrogens is 276 g/mol. The van der Waals surface area contributed by atoms with Crippen LogP contribution >= 0.6 is 11.6 Å². The molecule has 0 aromatic heterocycles. The van der Waals surface area contributed by atoms with Crippen molar-refractivity contribution in [3.05, 3.63) is 41.4 Å². The molecule has 0 saturated carbocycles. The number of fused-ring (bicyclic) bond motifs is 1. The monoisotopic (exact) mass is 290 g/mol. The second-order valence-corrected chi connectivity index (χ2v) is 5.48. The van der Waals surface area contributed by atoms with E-state index in [2.05, 4.69) is 5.32 Å². The van der Waals surface area contributed by atoms with Gasteiger partial charge in [0.2, 0.25) is 11.8 Å². The number of hydrogen-bond acceptors (Lipinski definition) is 3. The molecule has 1 saturated heterocycles. The number of allylic oxidation sites excluding steroid dienone is 2. The molecule has 1 aromatic carbocycles. The molecule has 2 aliphatic rings. The quantitative estimate of drug-likeness (QED) is 0.688. The van der Waals surface area contributed by atoms with E-state index in [9.17, 15) is 9.59 Å². The summed E-state index contributed by atoms with van der Waals surface area (Å²) in [5.41, 5.74) is 0.725. The molecule has 1 aromatic rings. The average Bonchev–Trinajstić information content (AvgIpc) is 2.71. The second kappa shape index (κ2) is 5.29. The van der Waals surface area contributed by atoms with Crippen molar-refractivity contribution < 1.29 is 9.59 Å². The molecule has 2 atom stereocenters. The Bertz CT molecular complexity index is 559. The maximum atomic E-state index is 12.3. The van der Waals surface area contributed by atoms with Crippen LogP contribution in [-0.2, 0) is 9.59 Å². The number of likely N-dealkylation sites (tertiary alicyclic amines) is 1. The lowest BCUT2D eigenvalue weighted by atomic mass is 9.85. The molecule has 0 spiro atoms. The fourth-order valence-electron chi connectivity index (χ4n) is 2.79. The number of nitrogens with zero attached hydrogens (tertiary/aromatic N) is 1. The van der Waals surface area contributed by atoms with Gasteiger partial charge in [-0.25, -0.2) is 0 Å². The van der Waals surface area contributed by atoms with Crippen LogP contribution in [0.15, 0.2) is 36.4 Å². The van der Waals surface area contributed by atoms with Gasteiger partial charge < -0.3 is 5.32 Å². The van der Waals surface area contributed by atoms with Gasteiger partial charge in [-0.05, 0) is 25.0 Å². The van der Waals surface area contributed by atoms with E-state index in [0.29, 0.717) is 17.9 Å². The van der Waals surface area contributed by atoms with Crippen molar-refractivity contribution in [3.8, 4) is 0 Å². The van der Waals surface area contributed by atoms with Crippen molar-refractivity contribution in [1.29, 1.82) is 0 Å². The summed E-state index contributed by atoms with van der Waals surface area (Å²) in [5.74, 6) is -0.520. The van der Waals surface area contributed by atoms with Gasteiger partial charge >= 0.3 is 0 Å². The summed E-state index contributed by atoms with van der Waals surface area (Å²) in [7, 11) is 0. The molecule has 0 bridgehead atoms. The summed E-state index contributed by atoms with van der Waals surface area (Å²) >= 11 is 6.04. The van der Waals surface area contributed by atoms with E-state index in [-0.39, 0.29) is 30.3 Å². The number of rotatable bonds is 3. The highest BCUT2D eigenvalue weighted by molar-refractivity contribution is 6.33. The molecule has 1 N–H and O–H groups in total. The van der Waals surface area contributed by atoms with Gasteiger partial charge in [-0.3, -0.25) is 14.5 Å². The van der Waals surface area contributed by atoms with E-state index >= 15 is 0 Å². The van der Waals surface area contributed by atoms with Gasteiger partial charge in [-0.1, -0.05) is 35.9 Å². The van der Waals surface area contributed by atoms with E-state index < -0.39 is 0 Å². The third-order valence-electron chi connectivity index (χ3n) is 3.90. The van der Waals surface area contributed by atoms with Crippen molar-refractivity contribution in [2.45, 2.75) is 12.8 Å². The van der Waals surface area contributed by atoms with Crippen LogP contribution in [0, 0.1) is 11.8 Å². The third-order valence-corrected chi connectivity index (χ3v) is 4.23. The van der Waals surface area contributed by atoms with Gasteiger partial charge in [0.25, 0.3) is 0 Å². The van der Waals surface area contributed by atoms with Gasteiger partial charge in [0.1, 0.15) is 0 Å². The Morgan fingerprint density at radius 2 is 1.70 bits per heavy atom. The summed E-state index contributed by atoms with van der Waals surface area (Å²) in [6.45, 7) is 0.175. The molecule has 2 amide bonds. The molecule has 1 heterocycles. The Labute approximate surface area is 122 Å². The zero-order valence-corrected chi connectivity index (χ0v) is 11.6. The maximum Gasteiger partial charge on any atom is 0.234 e. The number of amides is 2. The van der Waals surface area contributed by atoms with Crippen LogP contribution in [0.4, 0.5) is 5.69 Å². The number of benzene rings is 1. The predicted octanol–water partition coefficient (Wildman–Crippen LogP) is 2.66. The molecular formula is C15H15ClN2O2. The van der Waals surface area contributed by atoms with Crippen LogP contribution in [0.2, 0.25) is 5.02 Å². The van der Waals surface area contributed by atoms with Crippen LogP contribution in [-0.4, -0.2) is 23.4 Å². The fourth-order valence-corrected chi connectivity index (χ4v) is 3.00. The number of carbonyl (C=O) groups excluding carboxylic acids is 2. The topological polar surface area (TPSA) is 49.4 Å². The van der Waals surface area contributed by atoms with Crippen LogP contribution in [0.5, 0.6) is 0 Å². The SMILES string of the molecule is O=C1C2CC=CCC2C(=O)N1CNc1ccccc1Cl. The van der Waals surface area contributed by atoms with Crippen molar-refractivity contribution >= 4 is 29.1 Å². The number of carbonyl (C=O) groups is 2. The minimum atomic E-state index is -0.180. The Balaban J connectivity index is 1.71. The van der Waals surface area contributed by atoms with Crippen LogP contribution in [0.25, 0.3) is 0 Å². The summed E-state index contributed by atoms with van der Waals surface area (Å²) in [4.78, 5) is 25.8. The van der Waals surface area contributed by atoms with Gasteiger partial charge in [-0.15, -0.1) is 0 Å². The smallest absolute Gasteiger partial charge is 0.234 e. The first-order valence-corrected chi connectivity index (χ1v) is 7.05. The lowest BCUT2D eigenvalue weighted by molar-refractivity contribution is -0.139. The minimum Gasteiger partial charge on any atom is -0.366 e. The van der Waals surface area contributed by atoms with Crippen molar-refractivity contribution in [2.24, 2.45) is 11.8 Å². The summed E-state index contributed by atoms with van der Waals surface area (Å²) < 4.78 is 0. The Morgan fingerprint density at radius 1 is 1.10 bits per heavy atom. The number of imide groups is 1. The van der Waals surface area contributed by atoms with Crippen LogP contribution in [0.1, 0.15) is 12.8 Å². The first-order valence-electron chi connectivity index (χ1n) is 6.67. The zero-order valence-electron chi connectivity index (χ0n) is 10.9. The number of para-hydroxylation sites is 1. The standard InChI is InChI=1S/C15H15ClN2O2/c16-12-7-3-4-8-13(12)17-9-18-14(19)10-5-1-2-6-11(10)15(18)20/h1-4,7-8,10-11,17H,5-6,9H2. The van der Waals surface area contributed by atoms with Gasteiger partial charge in [0, 0.05) is 0 Å². The molecule has 3 rings (SSSR count). The van der Waals surface area contributed by atoms with Gasteiger partial charge in [0.15, 0.2) is 0 Å². The number of hydrogen-bond donors (Lipinski definition) is 1. The largest absolute Gasteiger partial charge is 0.366 e. The summed E-state index contributed by atoms with van der Waals surface area (Å²) in [5, 5.41) is 3.63. The Morgan fingerprint density at radius 3 is 2.30 bits per heavy atom. The zero-order chi connectivity index (χ0) is 14.1. The number of anilines is 1. The molecule has 20 heavy (non-hydrogen) atoms. The molecule has 2 unspecified atom stereocenters. The highest BCUT2D eigenvalue weighted by Crippen LogP contribution is 2.35. The minimum absolute atomic E-state index is 0.0797. The first-order chi connectivity index (χ1) is 9.68. The molecule has 1 fully saturated rings. The lowest BCUT2D eigenvalue weighted by Gasteiger charge is -2.17. The molecule has 1 aliphatic heterocycles. The van der Waals surface area contributed by atoms with E-state index in [1.807, 2.05) is 30.4 Å². The number of nitrogens with one attached hydrogen (secondary N) is 1. The maximum absolute atomic E-state index is 12.3. The van der Waals surface area contributed by atoms with Gasteiger partial charge in [-0.2, -0.15) is 0 Å². The molecule has 0 radical (unpaired) electrons. The summed E-state index contributed by atoms with van der Waals surface area (Å²) in [6.07, 6.45) is 5.30. The van der Waals surface area contributed by atoms with Crippen molar-refractivity contribution in [1.82, 2.24) is 4.90 Å². The van der Waals surface area contributed by atoms with Gasteiger partial charge in [0.05, 0.1) is 29.2 Å². The van der Waals surface area contributed by atoms with Crippen LogP contribution in [0.3, 0.4) is 0 Å². The predicted molar refractivity (Wildman–Crippen MR) is 77.1 cm³/mol. The lowest BCUT2D eigenvalue weighted by Crippen LogP contribution is -2.35. The molecule has 1 aliphatic carbocycles. The normalized spacial score (nSPS) is 24.9. The highest BCUT2D eigenvalue weighted by Gasteiger charge is 2.46. The van der Waals surface area contributed by atoms with Crippen molar-refractivity contribution in [3.63, 3.8) is 0 Å². The average molecular weight is 291 g/mol. The first kappa shape index (κ1) is 13.2. The van der Waals surface area contributed by atoms with E-state index in [1.165, 1.54) is 4.90 Å². The van der Waals surface area contributed by atoms with Crippen LogP contribution < -0.4 is 5.32 Å². The number of halogens is 1.